The van der Waals surface area contributed by atoms with Crippen molar-refractivity contribution in [1.82, 2.24) is 5.32 Å². The summed E-state index contributed by atoms with van der Waals surface area (Å²) < 4.78 is 26.5. The van der Waals surface area contributed by atoms with Gasteiger partial charge in [-0.2, -0.15) is 8.42 Å². The Labute approximate surface area is 73.7 Å². The summed E-state index contributed by atoms with van der Waals surface area (Å²) in [5, 5.41) is 2.65. The van der Waals surface area contributed by atoms with Gasteiger partial charge in [-0.05, 0) is 6.42 Å². The zero-order valence-electron chi connectivity index (χ0n) is 7.25. The third-order valence-electron chi connectivity index (χ3n) is 1.03. The Balaban J connectivity index is 3.64. The summed E-state index contributed by atoms with van der Waals surface area (Å²) in [6, 6.07) is 0. The molecule has 0 amide bonds. The molecule has 0 aromatic rings. The minimum absolute atomic E-state index is 0.154. The Morgan fingerprint density at radius 3 is 2.75 bits per heavy atom. The summed E-state index contributed by atoms with van der Waals surface area (Å²) in [6.45, 7) is 6.01. The molecule has 0 saturated heterocycles. The topological polar surface area (TPSA) is 55.4 Å². The molecule has 4 nitrogen and oxygen atoms in total. The smallest absolute Gasteiger partial charge is 0.280 e. The molecule has 0 rings (SSSR count). The van der Waals surface area contributed by atoms with Gasteiger partial charge >= 0.3 is 0 Å². The summed E-state index contributed by atoms with van der Waals surface area (Å²) in [7, 11) is -3.37. The molecule has 0 aromatic carbocycles. The molecule has 0 bridgehead atoms. The molecule has 0 aliphatic heterocycles. The Bertz CT molecular complexity index is 211. The van der Waals surface area contributed by atoms with E-state index in [1.165, 1.54) is 0 Å². The molecule has 0 unspecified atom stereocenters. The molecule has 0 heterocycles. The number of hydrogen-bond acceptors (Lipinski definition) is 4. The highest BCUT2D eigenvalue weighted by molar-refractivity contribution is 7.86. The zero-order chi connectivity index (χ0) is 9.45. The van der Waals surface area contributed by atoms with Crippen molar-refractivity contribution in [2.75, 3.05) is 19.0 Å². The van der Waals surface area contributed by atoms with E-state index < -0.39 is 10.1 Å². The molecule has 0 atom stereocenters. The maximum Gasteiger partial charge on any atom is 0.280 e. The molecule has 0 fully saturated rings. The van der Waals surface area contributed by atoms with E-state index in [9.17, 15) is 8.42 Å². The fourth-order valence-corrected chi connectivity index (χ4v) is 1.41. The van der Waals surface area contributed by atoms with Gasteiger partial charge in [-0.25, -0.2) is 0 Å². The van der Waals surface area contributed by atoms with Gasteiger partial charge in [0.1, 0.15) is 5.88 Å². The lowest BCUT2D eigenvalue weighted by Crippen LogP contribution is -2.24. The summed E-state index contributed by atoms with van der Waals surface area (Å²) in [6.07, 6.45) is 2.29. The highest BCUT2D eigenvalue weighted by atomic mass is 32.2. The second-order valence-corrected chi connectivity index (χ2v) is 3.91. The van der Waals surface area contributed by atoms with Gasteiger partial charge in [-0.1, -0.05) is 13.0 Å². The Hall–Kier alpha value is -0.390. The van der Waals surface area contributed by atoms with Crippen molar-refractivity contribution in [3.05, 3.63) is 12.7 Å². The Morgan fingerprint density at radius 2 is 2.25 bits per heavy atom. The van der Waals surface area contributed by atoms with Crippen LogP contribution >= 0.6 is 0 Å². The molecule has 0 radical (unpaired) electrons. The van der Waals surface area contributed by atoms with Crippen LogP contribution in [0.5, 0.6) is 0 Å². The molecule has 0 saturated carbocycles. The lowest BCUT2D eigenvalue weighted by molar-refractivity contribution is 0.316. The summed E-state index contributed by atoms with van der Waals surface area (Å²) in [5.41, 5.74) is 0. The molecular weight excluding hydrogens is 178 g/mol. The molecule has 0 aliphatic rings. The van der Waals surface area contributed by atoms with Crippen molar-refractivity contribution < 1.29 is 12.6 Å². The maximum absolute atomic E-state index is 10.9. The van der Waals surface area contributed by atoms with E-state index in [1.54, 1.807) is 6.08 Å². The first kappa shape index (κ1) is 11.6. The first-order valence-corrected chi connectivity index (χ1v) is 5.39. The van der Waals surface area contributed by atoms with Crippen LogP contribution in [0.1, 0.15) is 13.3 Å². The van der Waals surface area contributed by atoms with Gasteiger partial charge in [-0.15, -0.1) is 6.58 Å². The van der Waals surface area contributed by atoms with Crippen LogP contribution in [0.2, 0.25) is 0 Å². The zero-order valence-corrected chi connectivity index (χ0v) is 8.06. The number of hydrogen-bond donors (Lipinski definition) is 1. The fourth-order valence-electron chi connectivity index (χ4n) is 0.538. The quantitative estimate of drug-likeness (QED) is 0.363. The van der Waals surface area contributed by atoms with Crippen LogP contribution in [0.3, 0.4) is 0 Å². The fraction of sp³-hybridized carbons (Fsp3) is 0.714. The maximum atomic E-state index is 10.9. The van der Waals surface area contributed by atoms with Crippen LogP contribution in [0.4, 0.5) is 0 Å². The highest BCUT2D eigenvalue weighted by Crippen LogP contribution is 1.91. The Morgan fingerprint density at radius 1 is 1.58 bits per heavy atom. The van der Waals surface area contributed by atoms with E-state index in [2.05, 4.69) is 16.1 Å². The number of rotatable bonds is 7. The highest BCUT2D eigenvalue weighted by Gasteiger charge is 2.08. The average Bonchev–Trinajstić information content (AvgIpc) is 2.01. The van der Waals surface area contributed by atoms with Gasteiger partial charge < -0.3 is 0 Å². The van der Waals surface area contributed by atoms with Crippen molar-refractivity contribution in [3.8, 4) is 0 Å². The van der Waals surface area contributed by atoms with Crippen LogP contribution in [-0.2, 0) is 14.3 Å². The third-order valence-corrected chi connectivity index (χ3v) is 2.12. The van der Waals surface area contributed by atoms with Crippen LogP contribution in [0, 0.1) is 0 Å². The Kier molecular flexibility index (Phi) is 5.96. The van der Waals surface area contributed by atoms with Gasteiger partial charge in [0.15, 0.2) is 0 Å². The molecule has 0 aromatic heterocycles. The van der Waals surface area contributed by atoms with Crippen molar-refractivity contribution >= 4 is 10.1 Å². The SMILES string of the molecule is C=CCNCS(=O)(=O)OCCC. The van der Waals surface area contributed by atoms with Crippen LogP contribution < -0.4 is 5.32 Å². The normalized spacial score (nSPS) is 11.4. The molecule has 5 heteroatoms. The minimum Gasteiger partial charge on any atom is -0.298 e. The van der Waals surface area contributed by atoms with Crippen molar-refractivity contribution in [2.24, 2.45) is 0 Å². The summed E-state index contributed by atoms with van der Waals surface area (Å²) >= 11 is 0. The second-order valence-electron chi connectivity index (χ2n) is 2.27. The van der Waals surface area contributed by atoms with Crippen molar-refractivity contribution in [2.45, 2.75) is 13.3 Å². The predicted octanol–water partition coefficient (Wildman–Crippen LogP) is 0.476. The summed E-state index contributed by atoms with van der Waals surface area (Å²) in [4.78, 5) is 0. The first-order chi connectivity index (χ1) is 5.62. The number of nitrogens with one attached hydrogen (secondary N) is 1. The van der Waals surface area contributed by atoms with Gasteiger partial charge in [-0.3, -0.25) is 9.50 Å². The average molecular weight is 193 g/mol. The van der Waals surface area contributed by atoms with Gasteiger partial charge in [0.2, 0.25) is 0 Å². The van der Waals surface area contributed by atoms with E-state index in [4.69, 9.17) is 0 Å². The molecule has 1 N–H and O–H groups in total. The van der Waals surface area contributed by atoms with Gasteiger partial charge in [0, 0.05) is 6.54 Å². The van der Waals surface area contributed by atoms with E-state index in [1.807, 2.05) is 6.92 Å². The molecule has 0 aliphatic carbocycles. The molecule has 0 spiro atoms. The minimum atomic E-state index is -3.37. The van der Waals surface area contributed by atoms with E-state index in [-0.39, 0.29) is 12.5 Å². The van der Waals surface area contributed by atoms with Crippen molar-refractivity contribution in [1.29, 1.82) is 0 Å². The third kappa shape index (κ3) is 6.33. The van der Waals surface area contributed by atoms with Gasteiger partial charge in [0.25, 0.3) is 10.1 Å². The summed E-state index contributed by atoms with van der Waals surface area (Å²) in [5.74, 6) is -0.154. The largest absolute Gasteiger partial charge is 0.298 e. The van der Waals surface area contributed by atoms with Crippen LogP contribution in [0.25, 0.3) is 0 Å². The van der Waals surface area contributed by atoms with Crippen molar-refractivity contribution in [3.63, 3.8) is 0 Å². The van der Waals surface area contributed by atoms with Crippen LogP contribution in [0.15, 0.2) is 12.7 Å². The van der Waals surface area contributed by atoms with E-state index >= 15 is 0 Å². The molecular formula is C7H15NO3S. The monoisotopic (exact) mass is 193 g/mol. The van der Waals surface area contributed by atoms with Crippen LogP contribution in [-0.4, -0.2) is 27.4 Å². The first-order valence-electron chi connectivity index (χ1n) is 3.81. The van der Waals surface area contributed by atoms with E-state index in [0.717, 1.165) is 0 Å². The standard InChI is InChI=1S/C7H15NO3S/c1-3-5-8-7-12(9,10)11-6-4-2/h3,8H,1,4-7H2,2H3. The predicted molar refractivity (Wildman–Crippen MR) is 48.2 cm³/mol. The molecule has 12 heavy (non-hydrogen) atoms. The second kappa shape index (κ2) is 6.16. The lowest BCUT2D eigenvalue weighted by atomic mass is 10.5. The lowest BCUT2D eigenvalue weighted by Gasteiger charge is -2.03. The van der Waals surface area contributed by atoms with E-state index in [0.29, 0.717) is 13.0 Å². The molecule has 72 valence electrons. The van der Waals surface area contributed by atoms with Gasteiger partial charge in [0.05, 0.1) is 6.61 Å².